The number of methoxy groups -OCH3 is 1. The third kappa shape index (κ3) is 7.29. The number of nitrogens with one attached hydrogen (secondary N) is 1. The molecule has 0 spiro atoms. The van der Waals surface area contributed by atoms with E-state index >= 15 is 0 Å². The minimum absolute atomic E-state index is 0.145. The Kier molecular flexibility index (Phi) is 7.24. The van der Waals surface area contributed by atoms with Crippen LogP contribution in [0.25, 0.3) is 0 Å². The summed E-state index contributed by atoms with van der Waals surface area (Å²) in [5, 5.41) is 13.2. The summed E-state index contributed by atoms with van der Waals surface area (Å²) in [6.07, 6.45) is -0.575. The first-order valence-corrected chi connectivity index (χ1v) is 7.84. The molecule has 1 amide bonds. The van der Waals surface area contributed by atoms with E-state index in [1.807, 2.05) is 0 Å². The summed E-state index contributed by atoms with van der Waals surface area (Å²) in [5.41, 5.74) is -0.476. The first-order chi connectivity index (χ1) is 12.0. The van der Waals surface area contributed by atoms with Gasteiger partial charge in [0.2, 0.25) is 5.91 Å². The molecule has 0 radical (unpaired) electrons. The minimum Gasteiger partial charge on any atom is -0.467 e. The molecule has 1 aromatic rings. The summed E-state index contributed by atoms with van der Waals surface area (Å²) in [6.45, 7) is 5.04. The molecule has 0 saturated heterocycles. The van der Waals surface area contributed by atoms with Gasteiger partial charge in [-0.05, 0) is 26.3 Å². The Balaban J connectivity index is 2.77. The van der Waals surface area contributed by atoms with E-state index in [4.69, 9.17) is 4.74 Å². The first-order valence-electron chi connectivity index (χ1n) is 7.84. The lowest BCUT2D eigenvalue weighted by molar-refractivity contribution is -0.384. The van der Waals surface area contributed by atoms with E-state index in [0.717, 1.165) is 7.11 Å². The lowest BCUT2D eigenvalue weighted by Crippen LogP contribution is -2.44. The maximum atomic E-state index is 12.2. The number of carbonyl (C=O) groups is 3. The fourth-order valence-corrected chi connectivity index (χ4v) is 2.10. The number of hydrogen-bond donors (Lipinski definition) is 1. The Bertz CT molecular complexity index is 695. The van der Waals surface area contributed by atoms with Crippen molar-refractivity contribution in [3.63, 3.8) is 0 Å². The molecular weight excluding hydrogens is 344 g/mol. The number of benzene rings is 1. The third-order valence-corrected chi connectivity index (χ3v) is 3.10. The van der Waals surface area contributed by atoms with Crippen LogP contribution in [0.5, 0.6) is 0 Å². The molecule has 1 rings (SSSR count). The number of carbonyl (C=O) groups excluding carboxylic acids is 3. The van der Waals surface area contributed by atoms with E-state index in [0.29, 0.717) is 5.56 Å². The zero-order valence-electron chi connectivity index (χ0n) is 15.1. The maximum Gasteiger partial charge on any atom is 0.328 e. The van der Waals surface area contributed by atoms with E-state index in [9.17, 15) is 24.5 Å². The van der Waals surface area contributed by atoms with E-state index < -0.39 is 34.4 Å². The summed E-state index contributed by atoms with van der Waals surface area (Å²) in [4.78, 5) is 46.1. The summed E-state index contributed by atoms with van der Waals surface area (Å²) >= 11 is 0. The zero-order chi connectivity index (χ0) is 19.9. The molecule has 142 valence electrons. The number of nitrogens with zero attached hydrogens (tertiary/aromatic N) is 1. The van der Waals surface area contributed by atoms with Crippen molar-refractivity contribution in [1.29, 1.82) is 0 Å². The molecule has 0 heterocycles. The number of nitro groups is 1. The smallest absolute Gasteiger partial charge is 0.328 e. The monoisotopic (exact) mass is 366 g/mol. The lowest BCUT2D eigenvalue weighted by Gasteiger charge is -2.22. The largest absolute Gasteiger partial charge is 0.467 e. The predicted molar refractivity (Wildman–Crippen MR) is 91.2 cm³/mol. The van der Waals surface area contributed by atoms with Crippen LogP contribution in [-0.4, -0.2) is 41.5 Å². The highest BCUT2D eigenvalue weighted by Crippen LogP contribution is 2.14. The van der Waals surface area contributed by atoms with Crippen molar-refractivity contribution in [1.82, 2.24) is 5.32 Å². The molecule has 9 heteroatoms. The minimum atomic E-state index is -1.21. The Labute approximate surface area is 150 Å². The zero-order valence-corrected chi connectivity index (χ0v) is 15.1. The van der Waals surface area contributed by atoms with Crippen LogP contribution >= 0.6 is 0 Å². The molecule has 0 aromatic heterocycles. The summed E-state index contributed by atoms with van der Waals surface area (Å²) in [7, 11) is 1.14. The second-order valence-corrected chi connectivity index (χ2v) is 6.54. The Morgan fingerprint density at radius 3 is 2.46 bits per heavy atom. The van der Waals surface area contributed by atoms with Gasteiger partial charge in [-0.1, -0.05) is 12.1 Å². The van der Waals surface area contributed by atoms with E-state index in [-0.39, 0.29) is 18.5 Å². The molecule has 26 heavy (non-hydrogen) atoms. The molecule has 1 N–H and O–H groups in total. The van der Waals surface area contributed by atoms with Gasteiger partial charge < -0.3 is 14.8 Å². The quantitative estimate of drug-likeness (QED) is 0.440. The lowest BCUT2D eigenvalue weighted by atomic mass is 10.1. The number of amides is 1. The molecule has 9 nitrogen and oxygen atoms in total. The van der Waals surface area contributed by atoms with Gasteiger partial charge in [0, 0.05) is 12.1 Å². The van der Waals surface area contributed by atoms with Crippen LogP contribution in [0.2, 0.25) is 0 Å². The molecule has 1 atom stereocenters. The number of rotatable bonds is 7. The Morgan fingerprint density at radius 2 is 1.92 bits per heavy atom. The van der Waals surface area contributed by atoms with E-state index in [1.54, 1.807) is 26.8 Å². The molecule has 0 fully saturated rings. The number of non-ortho nitro benzene ring substituents is 1. The third-order valence-electron chi connectivity index (χ3n) is 3.10. The standard InChI is InChI=1S/C17H22N2O7/c1-17(2,3)26-15(21)10-13(16(22)25-4)18-14(20)9-11-6-5-7-12(8-11)19(23)24/h5-8,13H,9-10H2,1-4H3,(H,18,20)/t13-/m0/s1. The van der Waals surface area contributed by atoms with E-state index in [2.05, 4.69) is 10.1 Å². The normalized spacial score (nSPS) is 12.0. The fourth-order valence-electron chi connectivity index (χ4n) is 2.10. The van der Waals surface area contributed by atoms with Crippen molar-refractivity contribution < 1.29 is 28.8 Å². The molecule has 0 aliphatic carbocycles. The summed E-state index contributed by atoms with van der Waals surface area (Å²) in [5.74, 6) is -2.03. The van der Waals surface area contributed by atoms with Gasteiger partial charge in [-0.15, -0.1) is 0 Å². The molecule has 0 aliphatic rings. The molecule has 0 unspecified atom stereocenters. The number of esters is 2. The van der Waals surface area contributed by atoms with Crippen molar-refractivity contribution in [2.24, 2.45) is 0 Å². The molecule has 0 aliphatic heterocycles. The average molecular weight is 366 g/mol. The van der Waals surface area contributed by atoms with Gasteiger partial charge in [0.1, 0.15) is 11.6 Å². The van der Waals surface area contributed by atoms with Crippen LogP contribution in [0, 0.1) is 10.1 Å². The maximum absolute atomic E-state index is 12.2. The van der Waals surface area contributed by atoms with Crippen LogP contribution in [0.3, 0.4) is 0 Å². The number of hydrogen-bond acceptors (Lipinski definition) is 7. The second-order valence-electron chi connectivity index (χ2n) is 6.54. The Hall–Kier alpha value is -2.97. The van der Waals surface area contributed by atoms with Crippen molar-refractivity contribution in [3.8, 4) is 0 Å². The van der Waals surface area contributed by atoms with Gasteiger partial charge in [0.05, 0.1) is 24.9 Å². The topological polar surface area (TPSA) is 125 Å². The van der Waals surface area contributed by atoms with Crippen molar-refractivity contribution in [2.45, 2.75) is 45.3 Å². The predicted octanol–water partition coefficient (Wildman–Crippen LogP) is 1.53. The van der Waals surface area contributed by atoms with Gasteiger partial charge in [-0.3, -0.25) is 19.7 Å². The fraction of sp³-hybridized carbons (Fsp3) is 0.471. The molecule has 0 bridgehead atoms. The highest BCUT2D eigenvalue weighted by atomic mass is 16.6. The van der Waals surface area contributed by atoms with Gasteiger partial charge in [-0.2, -0.15) is 0 Å². The van der Waals surface area contributed by atoms with Gasteiger partial charge in [0.15, 0.2) is 0 Å². The summed E-state index contributed by atoms with van der Waals surface area (Å²) in [6, 6.07) is 4.37. The highest BCUT2D eigenvalue weighted by molar-refractivity contribution is 5.88. The van der Waals surface area contributed by atoms with Gasteiger partial charge in [-0.25, -0.2) is 4.79 Å². The van der Waals surface area contributed by atoms with Crippen LogP contribution in [0.4, 0.5) is 5.69 Å². The van der Waals surface area contributed by atoms with Crippen LogP contribution in [0.1, 0.15) is 32.8 Å². The first kappa shape index (κ1) is 21.1. The molecule has 0 saturated carbocycles. The van der Waals surface area contributed by atoms with Crippen LogP contribution in [-0.2, 0) is 30.3 Å². The summed E-state index contributed by atoms with van der Waals surface area (Å²) < 4.78 is 9.73. The van der Waals surface area contributed by atoms with Gasteiger partial charge >= 0.3 is 11.9 Å². The molecule has 1 aromatic carbocycles. The molecular formula is C17H22N2O7. The van der Waals surface area contributed by atoms with Crippen molar-refractivity contribution >= 4 is 23.5 Å². The van der Waals surface area contributed by atoms with Crippen molar-refractivity contribution in [2.75, 3.05) is 7.11 Å². The van der Waals surface area contributed by atoms with Crippen LogP contribution < -0.4 is 5.32 Å². The average Bonchev–Trinajstić information content (AvgIpc) is 2.51. The second kappa shape index (κ2) is 8.93. The number of ether oxygens (including phenoxy) is 2. The highest BCUT2D eigenvalue weighted by Gasteiger charge is 2.27. The van der Waals surface area contributed by atoms with Crippen molar-refractivity contribution in [3.05, 3.63) is 39.9 Å². The SMILES string of the molecule is COC(=O)[C@H](CC(=O)OC(C)(C)C)NC(=O)Cc1cccc([N+](=O)[O-])c1. The Morgan fingerprint density at radius 1 is 1.27 bits per heavy atom. The van der Waals surface area contributed by atoms with Gasteiger partial charge in [0.25, 0.3) is 5.69 Å². The van der Waals surface area contributed by atoms with Crippen LogP contribution in [0.15, 0.2) is 24.3 Å². The number of nitro benzene ring substituents is 1. The van der Waals surface area contributed by atoms with E-state index in [1.165, 1.54) is 18.2 Å².